The summed E-state index contributed by atoms with van der Waals surface area (Å²) in [4.78, 5) is 19.2. The van der Waals surface area contributed by atoms with Gasteiger partial charge < -0.3 is 15.0 Å². The molecule has 0 aromatic carbocycles. The number of aromatic amines is 1. The van der Waals surface area contributed by atoms with Gasteiger partial charge in [0.2, 0.25) is 10.0 Å². The van der Waals surface area contributed by atoms with Gasteiger partial charge in [0.1, 0.15) is 10.6 Å². The molecule has 0 saturated carbocycles. The molecule has 134 valence electrons. The second-order valence-electron chi connectivity index (χ2n) is 5.75. The van der Waals surface area contributed by atoms with Gasteiger partial charge in [0.25, 0.3) is 5.91 Å². The van der Waals surface area contributed by atoms with Crippen molar-refractivity contribution in [3.63, 3.8) is 0 Å². The third-order valence-electron chi connectivity index (χ3n) is 4.04. The van der Waals surface area contributed by atoms with Crippen LogP contribution >= 0.6 is 0 Å². The monoisotopic (exact) mass is 364 g/mol. The van der Waals surface area contributed by atoms with Gasteiger partial charge in [-0.05, 0) is 24.6 Å². The molecule has 1 amide bonds. The zero-order chi connectivity index (χ0) is 17.9. The summed E-state index contributed by atoms with van der Waals surface area (Å²) in [6, 6.07) is 4.76. The summed E-state index contributed by atoms with van der Waals surface area (Å²) in [5.74, 6) is -0.375. The van der Waals surface area contributed by atoms with Crippen LogP contribution in [0.1, 0.15) is 29.0 Å². The van der Waals surface area contributed by atoms with Gasteiger partial charge in [-0.1, -0.05) is 6.07 Å². The van der Waals surface area contributed by atoms with E-state index in [0.29, 0.717) is 26.3 Å². The van der Waals surface area contributed by atoms with Gasteiger partial charge >= 0.3 is 0 Å². The van der Waals surface area contributed by atoms with E-state index in [9.17, 15) is 13.2 Å². The Morgan fingerprint density at radius 3 is 2.84 bits per heavy atom. The van der Waals surface area contributed by atoms with Crippen molar-refractivity contribution in [2.45, 2.75) is 17.9 Å². The Balaban J connectivity index is 1.71. The standard InChI is InChI=1S/C16H20N4O4S/c1-12(13-3-2-4-17-10-13)19-16(21)15-9-14(11-18-15)25(22,23)20-5-7-24-8-6-20/h2-4,9-12,18H,5-8H2,1H3,(H,19,21)/t12-/m1/s1. The Morgan fingerprint density at radius 1 is 1.40 bits per heavy atom. The summed E-state index contributed by atoms with van der Waals surface area (Å²) >= 11 is 0. The average molecular weight is 364 g/mol. The Kier molecular flexibility index (Phi) is 5.16. The molecular weight excluding hydrogens is 344 g/mol. The molecule has 25 heavy (non-hydrogen) atoms. The maximum atomic E-state index is 12.6. The molecule has 2 aromatic rings. The molecule has 1 fully saturated rings. The number of pyridine rings is 1. The van der Waals surface area contributed by atoms with Crippen molar-refractivity contribution < 1.29 is 17.9 Å². The fraction of sp³-hybridized carbons (Fsp3) is 0.375. The number of sulfonamides is 1. The number of nitrogens with zero attached hydrogens (tertiary/aromatic N) is 2. The lowest BCUT2D eigenvalue weighted by Crippen LogP contribution is -2.40. The average Bonchev–Trinajstić information content (AvgIpc) is 3.14. The normalized spacial score (nSPS) is 17.2. The molecule has 2 aromatic heterocycles. The number of H-pyrrole nitrogens is 1. The number of morpholine rings is 1. The quantitative estimate of drug-likeness (QED) is 0.821. The molecule has 8 nitrogen and oxygen atoms in total. The minimum atomic E-state index is -3.62. The van der Waals surface area contributed by atoms with Crippen molar-refractivity contribution in [1.82, 2.24) is 19.6 Å². The lowest BCUT2D eigenvalue weighted by atomic mass is 10.1. The van der Waals surface area contributed by atoms with Crippen LogP contribution < -0.4 is 5.32 Å². The summed E-state index contributed by atoms with van der Waals surface area (Å²) in [5, 5.41) is 2.82. The number of nitrogens with one attached hydrogen (secondary N) is 2. The third-order valence-corrected chi connectivity index (χ3v) is 5.92. The van der Waals surface area contributed by atoms with Crippen LogP contribution in [0.15, 0.2) is 41.7 Å². The smallest absolute Gasteiger partial charge is 0.268 e. The first-order valence-electron chi connectivity index (χ1n) is 7.95. The highest BCUT2D eigenvalue weighted by Gasteiger charge is 2.28. The van der Waals surface area contributed by atoms with Crippen molar-refractivity contribution >= 4 is 15.9 Å². The van der Waals surface area contributed by atoms with Crippen LogP contribution in [0.4, 0.5) is 0 Å². The predicted molar refractivity (Wildman–Crippen MR) is 90.5 cm³/mol. The number of hydrogen-bond donors (Lipinski definition) is 2. The summed E-state index contributed by atoms with van der Waals surface area (Å²) in [6.07, 6.45) is 4.67. The minimum Gasteiger partial charge on any atom is -0.379 e. The molecule has 1 aliphatic rings. The van der Waals surface area contributed by atoms with E-state index in [1.165, 1.54) is 16.6 Å². The second-order valence-corrected chi connectivity index (χ2v) is 7.68. The van der Waals surface area contributed by atoms with Crippen molar-refractivity contribution in [2.24, 2.45) is 0 Å². The molecule has 0 radical (unpaired) electrons. The number of amides is 1. The predicted octanol–water partition coefficient (Wildman–Crippen LogP) is 0.922. The van der Waals surface area contributed by atoms with Gasteiger partial charge in [-0.25, -0.2) is 8.42 Å². The number of rotatable bonds is 5. The van der Waals surface area contributed by atoms with Gasteiger partial charge in [-0.3, -0.25) is 9.78 Å². The Labute approximate surface area is 146 Å². The molecule has 3 rings (SSSR count). The van der Waals surface area contributed by atoms with Gasteiger partial charge in [0, 0.05) is 31.7 Å². The lowest BCUT2D eigenvalue weighted by molar-refractivity contribution is 0.0730. The number of carbonyl (C=O) groups is 1. The van der Waals surface area contributed by atoms with Crippen molar-refractivity contribution in [1.29, 1.82) is 0 Å². The van der Waals surface area contributed by atoms with E-state index in [4.69, 9.17) is 4.74 Å². The fourth-order valence-electron chi connectivity index (χ4n) is 2.58. The molecular formula is C16H20N4O4S. The highest BCUT2D eigenvalue weighted by atomic mass is 32.2. The number of aromatic nitrogens is 2. The van der Waals surface area contributed by atoms with Crippen LogP contribution in [-0.2, 0) is 14.8 Å². The van der Waals surface area contributed by atoms with E-state index >= 15 is 0 Å². The Bertz CT molecular complexity index is 829. The molecule has 1 atom stereocenters. The first kappa shape index (κ1) is 17.6. The third kappa shape index (κ3) is 3.89. The summed E-state index contributed by atoms with van der Waals surface area (Å²) in [7, 11) is -3.62. The highest BCUT2D eigenvalue weighted by Crippen LogP contribution is 2.19. The SMILES string of the molecule is C[C@@H](NC(=O)c1cc(S(=O)(=O)N2CCOCC2)c[nH]1)c1cccnc1. The van der Waals surface area contributed by atoms with E-state index in [-0.39, 0.29) is 22.5 Å². The fourth-order valence-corrected chi connectivity index (χ4v) is 3.98. The molecule has 0 unspecified atom stereocenters. The van der Waals surface area contributed by atoms with E-state index in [1.54, 1.807) is 18.5 Å². The number of carbonyl (C=O) groups excluding carboxylic acids is 1. The molecule has 2 N–H and O–H groups in total. The van der Waals surface area contributed by atoms with Gasteiger partial charge in [-0.2, -0.15) is 4.31 Å². The molecule has 0 bridgehead atoms. The van der Waals surface area contributed by atoms with Crippen molar-refractivity contribution in [2.75, 3.05) is 26.3 Å². The van der Waals surface area contributed by atoms with Crippen molar-refractivity contribution in [3.05, 3.63) is 48.0 Å². The van der Waals surface area contributed by atoms with Crippen LogP contribution in [-0.4, -0.2) is 54.9 Å². The summed E-state index contributed by atoms with van der Waals surface area (Å²) < 4.78 is 31.7. The minimum absolute atomic E-state index is 0.0774. The van der Waals surface area contributed by atoms with Crippen LogP contribution in [0.2, 0.25) is 0 Å². The maximum Gasteiger partial charge on any atom is 0.268 e. The van der Waals surface area contributed by atoms with E-state index in [0.717, 1.165) is 5.56 Å². The van der Waals surface area contributed by atoms with Crippen LogP contribution in [0, 0.1) is 0 Å². The first-order chi connectivity index (χ1) is 12.0. The number of hydrogen-bond acceptors (Lipinski definition) is 5. The van der Waals surface area contributed by atoms with Gasteiger partial charge in [-0.15, -0.1) is 0 Å². The van der Waals surface area contributed by atoms with Crippen molar-refractivity contribution in [3.8, 4) is 0 Å². The molecule has 0 spiro atoms. The zero-order valence-electron chi connectivity index (χ0n) is 13.8. The van der Waals surface area contributed by atoms with Gasteiger partial charge in [0.05, 0.1) is 19.3 Å². The Morgan fingerprint density at radius 2 is 2.16 bits per heavy atom. The Hall–Kier alpha value is -2.23. The van der Waals surface area contributed by atoms with Gasteiger partial charge in [0.15, 0.2) is 0 Å². The molecule has 1 aliphatic heterocycles. The van der Waals surface area contributed by atoms with E-state index in [2.05, 4.69) is 15.3 Å². The lowest BCUT2D eigenvalue weighted by Gasteiger charge is -2.25. The molecule has 9 heteroatoms. The second kappa shape index (κ2) is 7.34. The zero-order valence-corrected chi connectivity index (χ0v) is 14.6. The largest absolute Gasteiger partial charge is 0.379 e. The van der Waals surface area contributed by atoms with E-state index in [1.807, 2.05) is 13.0 Å². The molecule has 0 aliphatic carbocycles. The summed E-state index contributed by atoms with van der Waals surface area (Å²) in [5.41, 5.74) is 1.06. The summed E-state index contributed by atoms with van der Waals surface area (Å²) in [6.45, 7) is 3.21. The topological polar surface area (TPSA) is 104 Å². The highest BCUT2D eigenvalue weighted by molar-refractivity contribution is 7.89. The molecule has 1 saturated heterocycles. The van der Waals surface area contributed by atoms with Crippen LogP contribution in [0.25, 0.3) is 0 Å². The first-order valence-corrected chi connectivity index (χ1v) is 9.39. The van der Waals surface area contributed by atoms with Crippen LogP contribution in [0.3, 0.4) is 0 Å². The number of ether oxygens (including phenoxy) is 1. The van der Waals surface area contributed by atoms with Crippen LogP contribution in [0.5, 0.6) is 0 Å². The molecule has 3 heterocycles. The maximum absolute atomic E-state index is 12.6. The van der Waals surface area contributed by atoms with E-state index < -0.39 is 10.0 Å².